The summed E-state index contributed by atoms with van der Waals surface area (Å²) in [6.07, 6.45) is 0.370. The fourth-order valence-corrected chi connectivity index (χ4v) is 0.907. The van der Waals surface area contributed by atoms with Crippen molar-refractivity contribution < 1.29 is 19.0 Å². The van der Waals surface area contributed by atoms with Crippen molar-refractivity contribution in [2.75, 3.05) is 20.5 Å². The summed E-state index contributed by atoms with van der Waals surface area (Å²) in [6.45, 7) is 7.82. The van der Waals surface area contributed by atoms with Gasteiger partial charge in [-0.3, -0.25) is 0 Å². The SMILES string of the molecule is C=C(CC(C)OCOC)C(=O)OCC. The molecule has 0 aromatic heterocycles. The Kier molecular flexibility index (Phi) is 7.06. The van der Waals surface area contributed by atoms with E-state index >= 15 is 0 Å². The zero-order valence-electron chi connectivity index (χ0n) is 9.04. The van der Waals surface area contributed by atoms with Gasteiger partial charge >= 0.3 is 5.97 Å². The number of esters is 1. The van der Waals surface area contributed by atoms with Crippen molar-refractivity contribution in [1.29, 1.82) is 0 Å². The minimum Gasteiger partial charge on any atom is -0.463 e. The molecule has 0 N–H and O–H groups in total. The second-order valence-corrected chi connectivity index (χ2v) is 2.91. The molecule has 0 aromatic rings. The van der Waals surface area contributed by atoms with Crippen LogP contribution in [-0.2, 0) is 19.0 Å². The van der Waals surface area contributed by atoms with Gasteiger partial charge in [0.1, 0.15) is 6.79 Å². The molecule has 1 unspecified atom stereocenters. The molecule has 0 bridgehead atoms. The van der Waals surface area contributed by atoms with Crippen molar-refractivity contribution in [2.24, 2.45) is 0 Å². The summed E-state index contributed by atoms with van der Waals surface area (Å²) in [5, 5.41) is 0. The Morgan fingerprint density at radius 3 is 2.64 bits per heavy atom. The van der Waals surface area contributed by atoms with Crippen LogP contribution in [0.5, 0.6) is 0 Å². The minimum atomic E-state index is -0.361. The number of carbonyl (C=O) groups is 1. The normalized spacial score (nSPS) is 12.2. The van der Waals surface area contributed by atoms with Crippen molar-refractivity contribution in [1.82, 2.24) is 0 Å². The maximum atomic E-state index is 11.1. The lowest BCUT2D eigenvalue weighted by Crippen LogP contribution is -2.15. The third kappa shape index (κ3) is 5.72. The molecule has 82 valence electrons. The van der Waals surface area contributed by atoms with Crippen LogP contribution in [0.25, 0.3) is 0 Å². The van der Waals surface area contributed by atoms with Gasteiger partial charge in [-0.1, -0.05) is 6.58 Å². The van der Waals surface area contributed by atoms with Crippen molar-refractivity contribution in [3.8, 4) is 0 Å². The van der Waals surface area contributed by atoms with Gasteiger partial charge < -0.3 is 14.2 Å². The molecule has 4 nitrogen and oxygen atoms in total. The maximum Gasteiger partial charge on any atom is 0.333 e. The van der Waals surface area contributed by atoms with Crippen molar-refractivity contribution in [2.45, 2.75) is 26.4 Å². The molecule has 0 rings (SSSR count). The highest BCUT2D eigenvalue weighted by Gasteiger charge is 2.12. The number of rotatable bonds is 7. The summed E-state index contributed by atoms with van der Waals surface area (Å²) in [6, 6.07) is 0. The lowest BCUT2D eigenvalue weighted by molar-refractivity contribution is -0.139. The second-order valence-electron chi connectivity index (χ2n) is 2.91. The Bertz CT molecular complexity index is 189. The molecule has 0 saturated heterocycles. The second kappa shape index (κ2) is 7.53. The smallest absolute Gasteiger partial charge is 0.333 e. The van der Waals surface area contributed by atoms with Crippen LogP contribution in [0.1, 0.15) is 20.3 Å². The van der Waals surface area contributed by atoms with Crippen LogP contribution in [0.3, 0.4) is 0 Å². The number of hydrogen-bond donors (Lipinski definition) is 0. The summed E-state index contributed by atoms with van der Waals surface area (Å²) < 4.78 is 14.7. The first-order chi connectivity index (χ1) is 6.61. The zero-order chi connectivity index (χ0) is 11.0. The van der Waals surface area contributed by atoms with E-state index in [9.17, 15) is 4.79 Å². The monoisotopic (exact) mass is 202 g/mol. The van der Waals surface area contributed by atoms with Crippen molar-refractivity contribution in [3.05, 3.63) is 12.2 Å². The van der Waals surface area contributed by atoms with E-state index in [1.807, 2.05) is 6.92 Å². The molecule has 0 fully saturated rings. The van der Waals surface area contributed by atoms with Gasteiger partial charge in [0.2, 0.25) is 0 Å². The molecule has 0 saturated carbocycles. The van der Waals surface area contributed by atoms with Gasteiger partial charge in [0.15, 0.2) is 0 Å². The van der Waals surface area contributed by atoms with Gasteiger partial charge in [0.25, 0.3) is 0 Å². The van der Waals surface area contributed by atoms with E-state index in [1.165, 1.54) is 0 Å². The molecule has 14 heavy (non-hydrogen) atoms. The minimum absolute atomic E-state index is 0.0909. The molecule has 0 aliphatic carbocycles. The van der Waals surface area contributed by atoms with Crippen molar-refractivity contribution in [3.63, 3.8) is 0 Å². The molecule has 4 heteroatoms. The van der Waals surface area contributed by atoms with Crippen LogP contribution in [0, 0.1) is 0 Å². The average molecular weight is 202 g/mol. The van der Waals surface area contributed by atoms with Crippen LogP contribution in [-0.4, -0.2) is 32.6 Å². The highest BCUT2D eigenvalue weighted by Crippen LogP contribution is 2.08. The molecule has 0 aliphatic heterocycles. The van der Waals surface area contributed by atoms with Crippen LogP contribution in [0.4, 0.5) is 0 Å². The van der Waals surface area contributed by atoms with Crippen LogP contribution < -0.4 is 0 Å². The van der Waals surface area contributed by atoms with Gasteiger partial charge in [0.05, 0.1) is 12.7 Å². The Morgan fingerprint density at radius 1 is 1.50 bits per heavy atom. The maximum absolute atomic E-state index is 11.1. The Morgan fingerprint density at radius 2 is 2.14 bits per heavy atom. The Labute approximate surface area is 84.8 Å². The molecule has 0 aromatic carbocycles. The largest absolute Gasteiger partial charge is 0.463 e. The zero-order valence-corrected chi connectivity index (χ0v) is 9.04. The van der Waals surface area contributed by atoms with E-state index in [0.29, 0.717) is 18.6 Å². The third-order valence-corrected chi connectivity index (χ3v) is 1.57. The fourth-order valence-electron chi connectivity index (χ4n) is 0.907. The standard InChI is InChI=1S/C10H18O4/c1-5-13-10(11)8(2)6-9(3)14-7-12-4/h9H,2,5-7H2,1,3-4H3. The summed E-state index contributed by atoms with van der Waals surface area (Å²) >= 11 is 0. The van der Waals surface area contributed by atoms with Crippen LogP contribution >= 0.6 is 0 Å². The highest BCUT2D eigenvalue weighted by atomic mass is 16.7. The first-order valence-electron chi connectivity index (χ1n) is 4.57. The molecule has 1 atom stereocenters. The fraction of sp³-hybridized carbons (Fsp3) is 0.700. The third-order valence-electron chi connectivity index (χ3n) is 1.57. The van der Waals surface area contributed by atoms with Gasteiger partial charge in [-0.05, 0) is 13.8 Å². The number of ether oxygens (including phenoxy) is 3. The molecule has 0 spiro atoms. The lowest BCUT2D eigenvalue weighted by atomic mass is 10.1. The quantitative estimate of drug-likeness (QED) is 0.356. The Hall–Kier alpha value is -0.870. The van der Waals surface area contributed by atoms with Gasteiger partial charge in [-0.25, -0.2) is 4.79 Å². The number of carbonyl (C=O) groups excluding carboxylic acids is 1. The molecule has 0 amide bonds. The molecular weight excluding hydrogens is 184 g/mol. The van der Waals surface area contributed by atoms with E-state index in [4.69, 9.17) is 14.2 Å². The van der Waals surface area contributed by atoms with Gasteiger partial charge in [0, 0.05) is 19.1 Å². The summed E-state index contributed by atoms with van der Waals surface area (Å²) in [5.41, 5.74) is 0.426. The van der Waals surface area contributed by atoms with E-state index in [-0.39, 0.29) is 18.9 Å². The first-order valence-corrected chi connectivity index (χ1v) is 4.57. The summed E-state index contributed by atoms with van der Waals surface area (Å²) in [4.78, 5) is 11.1. The first kappa shape index (κ1) is 13.1. The highest BCUT2D eigenvalue weighted by molar-refractivity contribution is 5.87. The Balaban J connectivity index is 3.75. The van der Waals surface area contributed by atoms with E-state index in [0.717, 1.165) is 0 Å². The number of methoxy groups -OCH3 is 1. The molecule has 0 heterocycles. The molecule has 0 aliphatic rings. The number of hydrogen-bond acceptors (Lipinski definition) is 4. The van der Waals surface area contributed by atoms with Crippen molar-refractivity contribution >= 4 is 5.97 Å². The molecular formula is C10H18O4. The van der Waals surface area contributed by atoms with E-state index < -0.39 is 0 Å². The summed E-state index contributed by atoms with van der Waals surface area (Å²) in [7, 11) is 1.55. The topological polar surface area (TPSA) is 44.8 Å². The predicted molar refractivity (Wildman–Crippen MR) is 52.8 cm³/mol. The van der Waals surface area contributed by atoms with Gasteiger partial charge in [-0.15, -0.1) is 0 Å². The average Bonchev–Trinajstić information content (AvgIpc) is 2.15. The van der Waals surface area contributed by atoms with Crippen LogP contribution in [0.15, 0.2) is 12.2 Å². The van der Waals surface area contributed by atoms with E-state index in [2.05, 4.69) is 6.58 Å². The predicted octanol–water partition coefficient (Wildman–Crippen LogP) is 1.50. The molecule has 0 radical (unpaired) electrons. The van der Waals surface area contributed by atoms with Crippen LogP contribution in [0.2, 0.25) is 0 Å². The summed E-state index contributed by atoms with van der Waals surface area (Å²) in [5.74, 6) is -0.361. The van der Waals surface area contributed by atoms with E-state index in [1.54, 1.807) is 14.0 Å². The van der Waals surface area contributed by atoms with Gasteiger partial charge in [-0.2, -0.15) is 0 Å². The lowest BCUT2D eigenvalue weighted by Gasteiger charge is -2.12.